The van der Waals surface area contributed by atoms with Crippen molar-refractivity contribution in [3.63, 3.8) is 0 Å². The summed E-state index contributed by atoms with van der Waals surface area (Å²) in [6.07, 6.45) is 0.187. The molecule has 0 saturated heterocycles. The molecule has 2 aromatic rings. The smallest absolute Gasteiger partial charge is 0.170 e. The van der Waals surface area contributed by atoms with E-state index in [0.29, 0.717) is 0 Å². The van der Waals surface area contributed by atoms with Gasteiger partial charge in [0.2, 0.25) is 0 Å². The second kappa shape index (κ2) is 4.72. The number of aromatic nitrogens is 2. The van der Waals surface area contributed by atoms with E-state index in [4.69, 9.17) is 0 Å². The van der Waals surface area contributed by atoms with Gasteiger partial charge < -0.3 is 0 Å². The zero-order valence-corrected chi connectivity index (χ0v) is 10.7. The van der Waals surface area contributed by atoms with Gasteiger partial charge in [-0.05, 0) is 26.0 Å². The Morgan fingerprint density at radius 1 is 1.33 bits per heavy atom. The SMILES string of the molecule is Cc1nn(C)c(C)c1CC(=O)c1ccccc1F. The Balaban J connectivity index is 2.30. The monoisotopic (exact) mass is 246 g/mol. The number of Topliss-reactive ketones (excluding diaryl/α,β-unsaturated/α-hetero) is 1. The van der Waals surface area contributed by atoms with E-state index in [0.717, 1.165) is 17.0 Å². The largest absolute Gasteiger partial charge is 0.294 e. The number of aryl methyl sites for hydroxylation is 2. The first kappa shape index (κ1) is 12.5. The lowest BCUT2D eigenvalue weighted by Gasteiger charge is -2.03. The van der Waals surface area contributed by atoms with Crippen molar-refractivity contribution in [1.82, 2.24) is 9.78 Å². The topological polar surface area (TPSA) is 34.9 Å². The molecule has 18 heavy (non-hydrogen) atoms. The highest BCUT2D eigenvalue weighted by atomic mass is 19.1. The molecular weight excluding hydrogens is 231 g/mol. The van der Waals surface area contributed by atoms with Gasteiger partial charge >= 0.3 is 0 Å². The van der Waals surface area contributed by atoms with Crippen LogP contribution in [0.4, 0.5) is 4.39 Å². The normalized spacial score (nSPS) is 10.7. The van der Waals surface area contributed by atoms with Crippen LogP contribution in [0.2, 0.25) is 0 Å². The van der Waals surface area contributed by atoms with Gasteiger partial charge in [0.1, 0.15) is 5.82 Å². The molecule has 0 aliphatic rings. The summed E-state index contributed by atoms with van der Waals surface area (Å²) in [4.78, 5) is 12.1. The van der Waals surface area contributed by atoms with Crippen LogP contribution in [0.5, 0.6) is 0 Å². The van der Waals surface area contributed by atoms with Crippen LogP contribution in [-0.2, 0) is 13.5 Å². The summed E-state index contributed by atoms with van der Waals surface area (Å²) < 4.78 is 15.2. The average molecular weight is 246 g/mol. The lowest BCUT2D eigenvalue weighted by atomic mass is 10.0. The van der Waals surface area contributed by atoms with Gasteiger partial charge in [0.15, 0.2) is 5.78 Å². The summed E-state index contributed by atoms with van der Waals surface area (Å²) in [6.45, 7) is 3.76. The Labute approximate surface area is 105 Å². The van der Waals surface area contributed by atoms with Crippen molar-refractivity contribution in [2.45, 2.75) is 20.3 Å². The van der Waals surface area contributed by atoms with Gasteiger partial charge in [-0.25, -0.2) is 4.39 Å². The first-order chi connectivity index (χ1) is 8.50. The summed E-state index contributed by atoms with van der Waals surface area (Å²) in [6, 6.07) is 6.06. The first-order valence-corrected chi connectivity index (χ1v) is 5.77. The van der Waals surface area contributed by atoms with E-state index in [1.807, 2.05) is 20.9 Å². The quantitative estimate of drug-likeness (QED) is 0.780. The van der Waals surface area contributed by atoms with Crippen molar-refractivity contribution in [3.8, 4) is 0 Å². The van der Waals surface area contributed by atoms with Crippen LogP contribution in [-0.4, -0.2) is 15.6 Å². The lowest BCUT2D eigenvalue weighted by molar-refractivity contribution is 0.0988. The molecule has 0 bridgehead atoms. The molecule has 0 aliphatic carbocycles. The zero-order chi connectivity index (χ0) is 13.3. The summed E-state index contributed by atoms with van der Waals surface area (Å²) in [7, 11) is 1.83. The van der Waals surface area contributed by atoms with Crippen LogP contribution in [0.1, 0.15) is 27.3 Å². The maximum atomic E-state index is 13.5. The molecule has 0 radical (unpaired) electrons. The molecule has 1 aromatic carbocycles. The number of carbonyl (C=O) groups is 1. The minimum atomic E-state index is -0.471. The Kier molecular flexibility index (Phi) is 3.28. The summed E-state index contributed by atoms with van der Waals surface area (Å²) in [5.41, 5.74) is 2.78. The number of nitrogens with zero attached hydrogens (tertiary/aromatic N) is 2. The third kappa shape index (κ3) is 2.18. The van der Waals surface area contributed by atoms with Crippen molar-refractivity contribution in [2.75, 3.05) is 0 Å². The molecule has 1 aromatic heterocycles. The maximum absolute atomic E-state index is 13.5. The Bertz CT molecular complexity index is 602. The molecule has 0 aliphatic heterocycles. The number of rotatable bonds is 3. The molecule has 1 heterocycles. The van der Waals surface area contributed by atoms with Crippen molar-refractivity contribution in [1.29, 1.82) is 0 Å². The molecule has 0 atom stereocenters. The number of carbonyl (C=O) groups excluding carboxylic acids is 1. The highest BCUT2D eigenvalue weighted by Gasteiger charge is 2.16. The molecule has 0 fully saturated rings. The van der Waals surface area contributed by atoms with E-state index >= 15 is 0 Å². The number of ketones is 1. The summed E-state index contributed by atoms with van der Waals surface area (Å²) in [5.74, 6) is -0.686. The fourth-order valence-electron chi connectivity index (χ4n) is 2.02. The molecule has 0 unspecified atom stereocenters. The molecule has 0 N–H and O–H groups in total. The average Bonchev–Trinajstić information content (AvgIpc) is 2.56. The van der Waals surface area contributed by atoms with E-state index in [1.54, 1.807) is 16.8 Å². The van der Waals surface area contributed by atoms with Crippen LogP contribution in [0.3, 0.4) is 0 Å². The van der Waals surface area contributed by atoms with Crippen LogP contribution in [0.15, 0.2) is 24.3 Å². The van der Waals surface area contributed by atoms with Gasteiger partial charge in [-0.15, -0.1) is 0 Å². The molecule has 0 saturated carbocycles. The Hall–Kier alpha value is -1.97. The second-order valence-electron chi connectivity index (χ2n) is 4.35. The van der Waals surface area contributed by atoms with E-state index in [-0.39, 0.29) is 17.8 Å². The highest BCUT2D eigenvalue weighted by molar-refractivity contribution is 5.97. The predicted molar refractivity (Wildman–Crippen MR) is 67.1 cm³/mol. The number of hydrogen-bond acceptors (Lipinski definition) is 2. The fraction of sp³-hybridized carbons (Fsp3) is 0.286. The van der Waals surface area contributed by atoms with Gasteiger partial charge in [-0.3, -0.25) is 9.48 Å². The van der Waals surface area contributed by atoms with Gasteiger partial charge in [-0.1, -0.05) is 12.1 Å². The second-order valence-corrected chi connectivity index (χ2v) is 4.35. The van der Waals surface area contributed by atoms with Crippen molar-refractivity contribution in [3.05, 3.63) is 52.6 Å². The van der Waals surface area contributed by atoms with Gasteiger partial charge in [-0.2, -0.15) is 5.10 Å². The Morgan fingerprint density at radius 3 is 2.56 bits per heavy atom. The highest BCUT2D eigenvalue weighted by Crippen LogP contribution is 2.16. The lowest BCUT2D eigenvalue weighted by Crippen LogP contribution is -2.07. The van der Waals surface area contributed by atoms with Crippen molar-refractivity contribution >= 4 is 5.78 Å². The maximum Gasteiger partial charge on any atom is 0.170 e. The first-order valence-electron chi connectivity index (χ1n) is 5.77. The predicted octanol–water partition coefficient (Wildman–Crippen LogP) is 2.60. The molecular formula is C14H15FN2O. The van der Waals surface area contributed by atoms with E-state index < -0.39 is 5.82 Å². The number of halogens is 1. The van der Waals surface area contributed by atoms with E-state index in [9.17, 15) is 9.18 Å². The summed E-state index contributed by atoms with van der Waals surface area (Å²) in [5, 5.41) is 4.25. The van der Waals surface area contributed by atoms with Crippen molar-refractivity contribution in [2.24, 2.45) is 7.05 Å². The minimum absolute atomic E-state index is 0.139. The summed E-state index contributed by atoms with van der Waals surface area (Å²) >= 11 is 0. The van der Waals surface area contributed by atoms with Crippen LogP contribution in [0, 0.1) is 19.7 Å². The molecule has 2 rings (SSSR count). The van der Waals surface area contributed by atoms with Gasteiger partial charge in [0.25, 0.3) is 0 Å². The molecule has 0 spiro atoms. The van der Waals surface area contributed by atoms with Crippen LogP contribution < -0.4 is 0 Å². The van der Waals surface area contributed by atoms with E-state index in [1.165, 1.54) is 12.1 Å². The molecule has 94 valence electrons. The standard InChI is InChI=1S/C14H15FN2O/c1-9-12(10(2)17(3)16-9)8-14(18)11-6-4-5-7-13(11)15/h4-7H,8H2,1-3H3. The molecule has 3 nitrogen and oxygen atoms in total. The zero-order valence-electron chi connectivity index (χ0n) is 10.7. The van der Waals surface area contributed by atoms with Gasteiger partial charge in [0.05, 0.1) is 11.3 Å². The number of benzene rings is 1. The Morgan fingerprint density at radius 2 is 2.00 bits per heavy atom. The fourth-order valence-corrected chi connectivity index (χ4v) is 2.02. The third-order valence-corrected chi connectivity index (χ3v) is 3.17. The molecule has 0 amide bonds. The number of hydrogen-bond donors (Lipinski definition) is 0. The van der Waals surface area contributed by atoms with Gasteiger partial charge in [0, 0.05) is 24.7 Å². The van der Waals surface area contributed by atoms with E-state index in [2.05, 4.69) is 5.10 Å². The molecule has 4 heteroatoms. The van der Waals surface area contributed by atoms with Crippen LogP contribution in [0.25, 0.3) is 0 Å². The third-order valence-electron chi connectivity index (χ3n) is 3.17. The minimum Gasteiger partial charge on any atom is -0.294 e. The van der Waals surface area contributed by atoms with Crippen molar-refractivity contribution < 1.29 is 9.18 Å². The van der Waals surface area contributed by atoms with Crippen LogP contribution >= 0.6 is 0 Å².